The normalized spacial score (nSPS) is 22.9. The molecule has 2 saturated carbocycles. The fourth-order valence-electron chi connectivity index (χ4n) is 6.22. The van der Waals surface area contributed by atoms with Gasteiger partial charge in [0.05, 0.1) is 56.8 Å². The predicted octanol–water partition coefficient (Wildman–Crippen LogP) is 3.29. The number of nitrogens with one attached hydrogen (secondary N) is 2. The molecule has 212 valence electrons. The molecule has 1 spiro atoms. The van der Waals surface area contributed by atoms with E-state index in [-0.39, 0.29) is 37.5 Å². The average Bonchev–Trinajstić information content (AvgIpc) is 3.35. The van der Waals surface area contributed by atoms with Gasteiger partial charge in [-0.3, -0.25) is 14.8 Å². The summed E-state index contributed by atoms with van der Waals surface area (Å²) in [6.07, 6.45) is 5.62. The van der Waals surface area contributed by atoms with E-state index in [1.54, 1.807) is 19.4 Å². The zero-order valence-corrected chi connectivity index (χ0v) is 22.7. The van der Waals surface area contributed by atoms with E-state index >= 15 is 4.39 Å². The second kappa shape index (κ2) is 8.89. The van der Waals surface area contributed by atoms with Crippen LogP contribution in [0.2, 0.25) is 0 Å². The predicted molar refractivity (Wildman–Crippen MR) is 147 cm³/mol. The number of pyridine rings is 1. The van der Waals surface area contributed by atoms with Crippen molar-refractivity contribution < 1.29 is 22.7 Å². The molecule has 2 aliphatic heterocycles. The lowest BCUT2D eigenvalue weighted by Gasteiger charge is -2.48. The summed E-state index contributed by atoms with van der Waals surface area (Å²) in [7, 11) is 14.6. The number of aromatic nitrogens is 5. The van der Waals surface area contributed by atoms with Crippen molar-refractivity contribution in [3.63, 3.8) is 0 Å². The van der Waals surface area contributed by atoms with Crippen molar-refractivity contribution >= 4 is 44.1 Å². The number of halogens is 3. The number of aromatic amines is 1. The summed E-state index contributed by atoms with van der Waals surface area (Å²) in [5.41, 5.74) is -0.901. The number of piperidine rings is 1. The highest BCUT2D eigenvalue weighted by atomic mass is 19.3. The number of likely N-dealkylation sites (tertiary alicyclic amines) is 1. The van der Waals surface area contributed by atoms with E-state index < -0.39 is 35.0 Å². The van der Waals surface area contributed by atoms with Gasteiger partial charge in [0.2, 0.25) is 0 Å². The van der Waals surface area contributed by atoms with E-state index in [1.165, 1.54) is 15.8 Å². The highest BCUT2D eigenvalue weighted by Crippen LogP contribution is 2.51. The SMILES string of the molecule is [B]C([B])(n1nc(N2CC(OC)C2)c2cnc(-c3[nH]ncc3NC(=O)N3CC(F)(F)CCC34CC4)cc21)C1(F)CCC1. The second-order valence-corrected chi connectivity index (χ2v) is 12.0. The first-order valence-corrected chi connectivity index (χ1v) is 13.9. The molecule has 2 amide bonds. The van der Waals surface area contributed by atoms with Crippen LogP contribution in [0.4, 0.5) is 29.5 Å². The molecule has 0 aromatic carbocycles. The fourth-order valence-corrected chi connectivity index (χ4v) is 6.22. The Bertz CT molecular complexity index is 1510. The number of anilines is 2. The summed E-state index contributed by atoms with van der Waals surface area (Å²) in [5, 5.41) is 13.0. The molecule has 2 N–H and O–H groups in total. The van der Waals surface area contributed by atoms with E-state index in [0.717, 1.165) is 0 Å². The van der Waals surface area contributed by atoms with Gasteiger partial charge in [-0.25, -0.2) is 18.0 Å². The quantitative estimate of drug-likeness (QED) is 0.446. The first-order chi connectivity index (χ1) is 19.5. The summed E-state index contributed by atoms with van der Waals surface area (Å²) >= 11 is 0. The van der Waals surface area contributed by atoms with Gasteiger partial charge in [0.25, 0.3) is 5.92 Å². The molecule has 10 nitrogen and oxygen atoms in total. The molecular weight excluding hydrogens is 535 g/mol. The molecule has 2 saturated heterocycles. The van der Waals surface area contributed by atoms with Gasteiger partial charge in [-0.15, -0.1) is 0 Å². The van der Waals surface area contributed by atoms with Crippen molar-refractivity contribution in [1.29, 1.82) is 0 Å². The second-order valence-electron chi connectivity index (χ2n) is 12.0. The molecule has 2 aliphatic carbocycles. The topological polar surface area (TPSA) is 104 Å². The zero-order valence-electron chi connectivity index (χ0n) is 22.7. The van der Waals surface area contributed by atoms with E-state index in [2.05, 4.69) is 25.6 Å². The number of fused-ring (bicyclic) bond motifs is 1. The minimum Gasteiger partial charge on any atom is -0.378 e. The third-order valence-corrected chi connectivity index (χ3v) is 9.37. The lowest BCUT2D eigenvalue weighted by molar-refractivity contribution is -0.0721. The number of hydrogen-bond donors (Lipinski definition) is 2. The highest BCUT2D eigenvalue weighted by Gasteiger charge is 2.57. The van der Waals surface area contributed by atoms with E-state index in [0.29, 0.717) is 60.5 Å². The zero-order chi connectivity index (χ0) is 28.8. The Morgan fingerprint density at radius 2 is 1.88 bits per heavy atom. The molecule has 4 radical (unpaired) electrons. The summed E-state index contributed by atoms with van der Waals surface area (Å²) in [5.74, 6) is -2.37. The van der Waals surface area contributed by atoms with Crippen molar-refractivity contribution in [2.75, 3.05) is 37.0 Å². The number of rotatable bonds is 6. The van der Waals surface area contributed by atoms with Crippen molar-refractivity contribution in [3.8, 4) is 11.4 Å². The molecule has 15 heteroatoms. The molecule has 4 aliphatic rings. The number of amides is 2. The van der Waals surface area contributed by atoms with Crippen LogP contribution >= 0.6 is 0 Å². The van der Waals surface area contributed by atoms with Gasteiger partial charge in [0.15, 0.2) is 5.82 Å². The smallest absolute Gasteiger partial charge is 0.322 e. The number of H-pyrrole nitrogens is 1. The van der Waals surface area contributed by atoms with Crippen LogP contribution in [0.25, 0.3) is 22.3 Å². The van der Waals surface area contributed by atoms with E-state index in [9.17, 15) is 13.6 Å². The van der Waals surface area contributed by atoms with Crippen molar-refractivity contribution in [2.45, 2.75) is 73.5 Å². The average molecular weight is 564 g/mol. The first kappa shape index (κ1) is 26.7. The summed E-state index contributed by atoms with van der Waals surface area (Å²) in [6, 6.07) is 1.05. The van der Waals surface area contributed by atoms with E-state index in [1.807, 2.05) is 4.90 Å². The maximum atomic E-state index is 15.7. The summed E-state index contributed by atoms with van der Waals surface area (Å²) < 4.78 is 50.9. The van der Waals surface area contributed by atoms with Gasteiger partial charge in [0.1, 0.15) is 11.4 Å². The number of methoxy groups -OCH3 is 1. The third-order valence-electron chi connectivity index (χ3n) is 9.37. The molecule has 41 heavy (non-hydrogen) atoms. The van der Waals surface area contributed by atoms with Gasteiger partial charge in [-0.05, 0) is 44.6 Å². The van der Waals surface area contributed by atoms with Gasteiger partial charge in [0, 0.05) is 43.7 Å². The van der Waals surface area contributed by atoms with Gasteiger partial charge < -0.3 is 19.9 Å². The van der Waals surface area contributed by atoms with Crippen molar-refractivity contribution in [3.05, 3.63) is 18.5 Å². The molecule has 7 rings (SSSR count). The van der Waals surface area contributed by atoms with Crippen molar-refractivity contribution in [1.82, 2.24) is 29.9 Å². The third kappa shape index (κ3) is 4.13. The van der Waals surface area contributed by atoms with Crippen LogP contribution < -0.4 is 10.2 Å². The Morgan fingerprint density at radius 1 is 1.15 bits per heavy atom. The number of hydrogen-bond acceptors (Lipinski definition) is 6. The Hall–Kier alpha value is -3.22. The van der Waals surface area contributed by atoms with Crippen LogP contribution in [0.15, 0.2) is 18.5 Å². The van der Waals surface area contributed by atoms with Crippen LogP contribution in [-0.4, -0.2) is 102 Å². The number of nitrogens with zero attached hydrogens (tertiary/aromatic N) is 6. The number of urea groups is 1. The van der Waals surface area contributed by atoms with Gasteiger partial charge in [-0.1, -0.05) is 0 Å². The monoisotopic (exact) mass is 564 g/mol. The van der Waals surface area contributed by atoms with Crippen LogP contribution in [0.5, 0.6) is 0 Å². The van der Waals surface area contributed by atoms with Crippen LogP contribution in [0.3, 0.4) is 0 Å². The molecular formula is C26H29B2F3N8O2. The fraction of sp³-hybridized carbons (Fsp3) is 0.615. The largest absolute Gasteiger partial charge is 0.378 e. The minimum absolute atomic E-state index is 0.0490. The van der Waals surface area contributed by atoms with Crippen LogP contribution in [-0.2, 0) is 10.1 Å². The standard InChI is InChI=1S/C26H29B2F3N8O2/c1-41-15-12-37(13-15)21-16-10-32-17(9-19(16)39(36-21)26(27,28)24(29)3-2-4-24)20-18(11-33-35-20)34-22(40)38-14-25(30,31)8-7-23(38)5-6-23/h9-11,15H,2-8,12-14H2,1H3,(H,33,35)(H,34,40). The van der Waals surface area contributed by atoms with E-state index in [4.69, 9.17) is 20.4 Å². The summed E-state index contributed by atoms with van der Waals surface area (Å²) in [6.45, 7) is 0.570. The van der Waals surface area contributed by atoms with Gasteiger partial charge in [-0.2, -0.15) is 10.2 Å². The first-order valence-electron chi connectivity index (χ1n) is 13.9. The van der Waals surface area contributed by atoms with Crippen molar-refractivity contribution in [2.24, 2.45) is 0 Å². The number of carbonyl (C=O) groups excluding carboxylic acids is 1. The lowest BCUT2D eigenvalue weighted by atomic mass is 9.48. The van der Waals surface area contributed by atoms with Crippen LogP contribution in [0, 0.1) is 0 Å². The number of carbonyl (C=O) groups is 1. The maximum Gasteiger partial charge on any atom is 0.322 e. The Labute approximate surface area is 237 Å². The molecule has 0 bridgehead atoms. The molecule has 0 unspecified atom stereocenters. The van der Waals surface area contributed by atoms with Crippen LogP contribution in [0.1, 0.15) is 44.9 Å². The molecule has 4 fully saturated rings. The Balaban J connectivity index is 1.24. The van der Waals surface area contributed by atoms with Gasteiger partial charge >= 0.3 is 6.03 Å². The molecule has 0 atom stereocenters. The Morgan fingerprint density at radius 3 is 2.54 bits per heavy atom. The molecule has 3 aromatic rings. The molecule has 3 aromatic heterocycles. The highest BCUT2D eigenvalue weighted by molar-refractivity contribution is 6.39. The Kier molecular flexibility index (Phi) is 5.78. The molecule has 5 heterocycles. The maximum absolute atomic E-state index is 15.7. The number of ether oxygens (including phenoxy) is 1. The number of alkyl halides is 3. The summed E-state index contributed by atoms with van der Waals surface area (Å²) in [4.78, 5) is 21.0. The lowest BCUT2D eigenvalue weighted by Crippen LogP contribution is -2.58. The minimum atomic E-state index is -2.93.